The molecule has 2 rings (SSSR count). The number of carbonyl (C=O) groups excluding carboxylic acids is 1. The van der Waals surface area contributed by atoms with Gasteiger partial charge in [-0.2, -0.15) is 0 Å². The number of hydrogen-bond donors (Lipinski definition) is 0. The molecule has 2 heterocycles. The summed E-state index contributed by atoms with van der Waals surface area (Å²) in [7, 11) is 0. The molecule has 82 valence electrons. The van der Waals surface area contributed by atoms with Gasteiger partial charge < -0.3 is 9.15 Å². The van der Waals surface area contributed by atoms with E-state index in [1.165, 1.54) is 0 Å². The normalized spacial score (nSPS) is 10.3. The minimum Gasteiger partial charge on any atom is -0.464 e. The third kappa shape index (κ3) is 1.69. The van der Waals surface area contributed by atoms with Gasteiger partial charge in [0.25, 0.3) is 0 Å². The first-order valence-corrected chi connectivity index (χ1v) is 4.94. The van der Waals surface area contributed by atoms with E-state index in [1.807, 2.05) is 0 Å². The predicted octanol–water partition coefficient (Wildman–Crippen LogP) is 2.65. The minimum atomic E-state index is -0.455. The maximum absolute atomic E-state index is 11.5. The maximum Gasteiger partial charge on any atom is 0.357 e. The highest BCUT2D eigenvalue weighted by Crippen LogP contribution is 2.20. The van der Waals surface area contributed by atoms with Crippen molar-refractivity contribution in [3.8, 4) is 0 Å². The molecular weight excluding hydrogens is 206 g/mol. The van der Waals surface area contributed by atoms with E-state index < -0.39 is 5.97 Å². The van der Waals surface area contributed by atoms with Crippen molar-refractivity contribution >= 4 is 23.0 Å². The van der Waals surface area contributed by atoms with E-state index in [0.717, 1.165) is 5.39 Å². The van der Waals surface area contributed by atoms with Crippen molar-refractivity contribution in [1.82, 2.24) is 4.98 Å². The van der Waals surface area contributed by atoms with Crippen LogP contribution >= 0.6 is 0 Å². The number of nitrogens with zero attached hydrogens (tertiary/aromatic N) is 1. The van der Waals surface area contributed by atoms with Crippen molar-refractivity contribution in [2.75, 3.05) is 6.61 Å². The van der Waals surface area contributed by atoms with Gasteiger partial charge in [0.15, 0.2) is 5.69 Å². The van der Waals surface area contributed by atoms with E-state index in [2.05, 4.69) is 11.6 Å². The molecule has 0 bridgehead atoms. The Morgan fingerprint density at radius 2 is 2.50 bits per heavy atom. The van der Waals surface area contributed by atoms with Crippen molar-refractivity contribution in [1.29, 1.82) is 0 Å². The summed E-state index contributed by atoms with van der Waals surface area (Å²) >= 11 is 0. The Bertz CT molecular complexity index is 542. The van der Waals surface area contributed by atoms with Gasteiger partial charge >= 0.3 is 5.97 Å². The highest BCUT2D eigenvalue weighted by molar-refractivity contribution is 5.94. The molecule has 2 aromatic heterocycles. The SMILES string of the molecule is C=Cc1nc(C(=O)OCC)cc2occc12. The van der Waals surface area contributed by atoms with Gasteiger partial charge in [0.05, 0.1) is 18.6 Å². The number of furan rings is 1. The maximum atomic E-state index is 11.5. The van der Waals surface area contributed by atoms with Crippen molar-refractivity contribution in [2.45, 2.75) is 6.92 Å². The molecular formula is C12H11NO3. The first-order chi connectivity index (χ1) is 7.76. The fraction of sp³-hybridized carbons (Fsp3) is 0.167. The number of fused-ring (bicyclic) bond motifs is 1. The standard InChI is InChI=1S/C12H11NO3/c1-3-9-8-5-6-16-11(8)7-10(13-9)12(14)15-4-2/h3,5-7H,1,4H2,2H3. The lowest BCUT2D eigenvalue weighted by molar-refractivity contribution is 0.0519. The van der Waals surface area contributed by atoms with E-state index in [1.54, 1.807) is 31.4 Å². The van der Waals surface area contributed by atoms with Crippen LogP contribution in [0.15, 0.2) is 29.4 Å². The van der Waals surface area contributed by atoms with Crippen LogP contribution in [-0.4, -0.2) is 17.6 Å². The van der Waals surface area contributed by atoms with Gasteiger partial charge in [-0.05, 0) is 19.1 Å². The Kier molecular flexibility index (Phi) is 2.72. The number of pyridine rings is 1. The topological polar surface area (TPSA) is 52.3 Å². The summed E-state index contributed by atoms with van der Waals surface area (Å²) in [5.74, 6) is -0.455. The highest BCUT2D eigenvalue weighted by Gasteiger charge is 2.13. The molecule has 0 aliphatic rings. The smallest absolute Gasteiger partial charge is 0.357 e. The number of ether oxygens (including phenoxy) is 1. The molecule has 0 saturated heterocycles. The zero-order chi connectivity index (χ0) is 11.5. The lowest BCUT2D eigenvalue weighted by atomic mass is 10.2. The quantitative estimate of drug-likeness (QED) is 0.741. The van der Waals surface area contributed by atoms with E-state index >= 15 is 0 Å². The molecule has 0 unspecified atom stereocenters. The molecule has 0 fully saturated rings. The second kappa shape index (κ2) is 4.18. The summed E-state index contributed by atoms with van der Waals surface area (Å²) in [5, 5.41) is 0.836. The van der Waals surface area contributed by atoms with Gasteiger partial charge in [0.2, 0.25) is 0 Å². The minimum absolute atomic E-state index is 0.235. The molecule has 0 aliphatic heterocycles. The number of hydrogen-bond acceptors (Lipinski definition) is 4. The zero-order valence-electron chi connectivity index (χ0n) is 8.90. The van der Waals surface area contributed by atoms with Gasteiger partial charge in [0, 0.05) is 11.5 Å². The molecule has 0 amide bonds. The Balaban J connectivity index is 2.55. The number of aromatic nitrogens is 1. The van der Waals surface area contributed by atoms with Crippen LogP contribution < -0.4 is 0 Å². The largest absolute Gasteiger partial charge is 0.464 e. The third-order valence-corrected chi connectivity index (χ3v) is 2.16. The lowest BCUT2D eigenvalue weighted by Gasteiger charge is -2.02. The predicted molar refractivity (Wildman–Crippen MR) is 60.1 cm³/mol. The van der Waals surface area contributed by atoms with Crippen LogP contribution in [0.3, 0.4) is 0 Å². The first-order valence-electron chi connectivity index (χ1n) is 4.94. The third-order valence-electron chi connectivity index (χ3n) is 2.16. The number of esters is 1. The second-order valence-electron chi connectivity index (χ2n) is 3.15. The molecule has 0 aromatic carbocycles. The summed E-state index contributed by atoms with van der Waals surface area (Å²) in [5.41, 5.74) is 1.46. The summed E-state index contributed by atoms with van der Waals surface area (Å²) < 4.78 is 10.1. The summed E-state index contributed by atoms with van der Waals surface area (Å²) in [4.78, 5) is 15.7. The van der Waals surface area contributed by atoms with Crippen molar-refractivity contribution < 1.29 is 13.9 Å². The van der Waals surface area contributed by atoms with Crippen molar-refractivity contribution in [3.05, 3.63) is 36.4 Å². The van der Waals surface area contributed by atoms with Crippen LogP contribution in [0.2, 0.25) is 0 Å². The Hall–Kier alpha value is -2.10. The number of rotatable bonds is 3. The molecule has 0 N–H and O–H groups in total. The monoisotopic (exact) mass is 217 g/mol. The van der Waals surface area contributed by atoms with Crippen LogP contribution in [0, 0.1) is 0 Å². The van der Waals surface area contributed by atoms with Gasteiger partial charge in [-0.25, -0.2) is 9.78 Å². The average molecular weight is 217 g/mol. The Labute approximate surface area is 92.5 Å². The van der Waals surface area contributed by atoms with Crippen LogP contribution in [0.25, 0.3) is 17.0 Å². The highest BCUT2D eigenvalue weighted by atomic mass is 16.5. The molecule has 0 spiro atoms. The second-order valence-corrected chi connectivity index (χ2v) is 3.15. The summed E-state index contributed by atoms with van der Waals surface area (Å²) in [6.07, 6.45) is 3.13. The molecule has 4 nitrogen and oxygen atoms in total. The van der Waals surface area contributed by atoms with Crippen LogP contribution in [0.1, 0.15) is 23.1 Å². The molecule has 2 aromatic rings. The summed E-state index contributed by atoms with van der Waals surface area (Å²) in [6, 6.07) is 3.36. The van der Waals surface area contributed by atoms with E-state index in [9.17, 15) is 4.79 Å². The summed E-state index contributed by atoms with van der Waals surface area (Å²) in [6.45, 7) is 5.72. The molecule has 0 atom stereocenters. The Morgan fingerprint density at radius 1 is 1.69 bits per heavy atom. The fourth-order valence-corrected chi connectivity index (χ4v) is 1.46. The van der Waals surface area contributed by atoms with E-state index in [0.29, 0.717) is 17.9 Å². The molecule has 16 heavy (non-hydrogen) atoms. The van der Waals surface area contributed by atoms with Crippen LogP contribution in [-0.2, 0) is 4.74 Å². The molecule has 0 aliphatic carbocycles. The molecule has 0 radical (unpaired) electrons. The van der Waals surface area contributed by atoms with Gasteiger partial charge in [-0.1, -0.05) is 6.58 Å². The van der Waals surface area contributed by atoms with E-state index in [4.69, 9.17) is 9.15 Å². The van der Waals surface area contributed by atoms with Crippen LogP contribution in [0.5, 0.6) is 0 Å². The van der Waals surface area contributed by atoms with Crippen molar-refractivity contribution in [3.63, 3.8) is 0 Å². The van der Waals surface area contributed by atoms with E-state index in [-0.39, 0.29) is 5.69 Å². The lowest BCUT2D eigenvalue weighted by Crippen LogP contribution is -2.07. The zero-order valence-corrected chi connectivity index (χ0v) is 8.90. The molecule has 4 heteroatoms. The first kappa shape index (κ1) is 10.4. The number of carbonyl (C=O) groups is 1. The van der Waals surface area contributed by atoms with Gasteiger partial charge in [0.1, 0.15) is 5.58 Å². The molecule has 0 saturated carbocycles. The fourth-order valence-electron chi connectivity index (χ4n) is 1.46. The average Bonchev–Trinajstić information content (AvgIpc) is 2.75. The Morgan fingerprint density at radius 3 is 3.19 bits per heavy atom. The van der Waals surface area contributed by atoms with Gasteiger partial charge in [-0.3, -0.25) is 0 Å². The van der Waals surface area contributed by atoms with Gasteiger partial charge in [-0.15, -0.1) is 0 Å². The van der Waals surface area contributed by atoms with Crippen molar-refractivity contribution in [2.24, 2.45) is 0 Å². The van der Waals surface area contributed by atoms with Crippen LogP contribution in [0.4, 0.5) is 0 Å².